The molecule has 27 heavy (non-hydrogen) atoms. The number of nitrogens with one attached hydrogen (secondary N) is 1. The third-order valence-corrected chi connectivity index (χ3v) is 4.82. The van der Waals surface area contributed by atoms with Crippen molar-refractivity contribution in [2.45, 2.75) is 19.8 Å². The van der Waals surface area contributed by atoms with Crippen molar-refractivity contribution in [1.82, 2.24) is 4.98 Å². The van der Waals surface area contributed by atoms with Gasteiger partial charge in [-0.05, 0) is 55.2 Å². The molecule has 0 spiro atoms. The van der Waals surface area contributed by atoms with Crippen LogP contribution in [0.4, 0.5) is 11.4 Å². The fourth-order valence-electron chi connectivity index (χ4n) is 3.12. The zero-order valence-corrected chi connectivity index (χ0v) is 16.0. The Kier molecular flexibility index (Phi) is 6.65. The van der Waals surface area contributed by atoms with Gasteiger partial charge < -0.3 is 19.7 Å². The smallest absolute Gasteiger partial charge is 0.261 e. The number of benzene rings is 1. The quantitative estimate of drug-likeness (QED) is 0.756. The highest BCUT2D eigenvalue weighted by atomic mass is 16.5. The number of hydrogen-bond donors (Lipinski definition) is 1. The summed E-state index contributed by atoms with van der Waals surface area (Å²) in [5, 5.41) is 2.92. The van der Waals surface area contributed by atoms with Crippen molar-refractivity contribution in [3.63, 3.8) is 0 Å². The van der Waals surface area contributed by atoms with Gasteiger partial charge in [0.1, 0.15) is 12.2 Å². The number of piperidine rings is 1. The maximum absolute atomic E-state index is 12.6. The number of carbonyl (C=O) groups excluding carboxylic acids is 1. The first kappa shape index (κ1) is 19.2. The van der Waals surface area contributed by atoms with Crippen LogP contribution in [0.3, 0.4) is 0 Å². The fraction of sp³-hybridized carbons (Fsp3) is 0.429. The first-order valence-corrected chi connectivity index (χ1v) is 9.40. The Hall–Kier alpha value is -2.60. The lowest BCUT2D eigenvalue weighted by atomic mass is 9.99. The summed E-state index contributed by atoms with van der Waals surface area (Å²) in [6.07, 6.45) is 4.06. The molecular formula is C21H27N3O3. The SMILES string of the molecule is COCCOc1ncccc1C(=O)Nc1ccc(N2CCC(C)CC2)cc1. The van der Waals surface area contributed by atoms with Crippen LogP contribution in [0.5, 0.6) is 5.88 Å². The van der Waals surface area contributed by atoms with Crippen molar-refractivity contribution in [1.29, 1.82) is 0 Å². The van der Waals surface area contributed by atoms with Crippen LogP contribution < -0.4 is 15.0 Å². The average Bonchev–Trinajstić information content (AvgIpc) is 2.70. The molecule has 6 nitrogen and oxygen atoms in total. The van der Waals surface area contributed by atoms with Crippen LogP contribution in [0.2, 0.25) is 0 Å². The molecule has 2 aromatic rings. The monoisotopic (exact) mass is 369 g/mol. The highest BCUT2D eigenvalue weighted by Gasteiger charge is 2.17. The van der Waals surface area contributed by atoms with Crippen LogP contribution in [0.15, 0.2) is 42.6 Å². The van der Waals surface area contributed by atoms with Gasteiger partial charge in [0.25, 0.3) is 5.91 Å². The first-order chi connectivity index (χ1) is 13.2. The Labute approximate surface area is 160 Å². The minimum absolute atomic E-state index is 0.241. The van der Waals surface area contributed by atoms with Gasteiger partial charge in [-0.25, -0.2) is 4.98 Å². The number of carbonyl (C=O) groups is 1. The average molecular weight is 369 g/mol. The Balaban J connectivity index is 1.63. The third kappa shape index (κ3) is 5.20. The van der Waals surface area contributed by atoms with Crippen LogP contribution in [-0.4, -0.2) is 44.3 Å². The standard InChI is InChI=1S/C21H27N3O3/c1-16-9-12-24(13-10-16)18-7-5-17(6-8-18)23-20(25)19-4-3-11-22-21(19)27-15-14-26-2/h3-8,11,16H,9-10,12-15H2,1-2H3,(H,23,25). The summed E-state index contributed by atoms with van der Waals surface area (Å²) >= 11 is 0. The molecule has 0 unspecified atom stereocenters. The number of pyridine rings is 1. The Morgan fingerprint density at radius 3 is 2.63 bits per heavy atom. The summed E-state index contributed by atoms with van der Waals surface area (Å²) in [5.41, 5.74) is 2.35. The summed E-state index contributed by atoms with van der Waals surface area (Å²) in [6.45, 7) is 5.27. The molecule has 0 atom stereocenters. The second-order valence-electron chi connectivity index (χ2n) is 6.87. The van der Waals surface area contributed by atoms with Crippen molar-refractivity contribution in [3.8, 4) is 5.88 Å². The molecule has 1 aliphatic heterocycles. The molecule has 144 valence electrons. The van der Waals surface area contributed by atoms with Crippen LogP contribution in [0.1, 0.15) is 30.1 Å². The molecule has 1 N–H and O–H groups in total. The van der Waals surface area contributed by atoms with Crippen molar-refractivity contribution in [2.24, 2.45) is 5.92 Å². The van der Waals surface area contributed by atoms with Gasteiger partial charge >= 0.3 is 0 Å². The first-order valence-electron chi connectivity index (χ1n) is 9.40. The number of aromatic nitrogens is 1. The molecule has 0 bridgehead atoms. The highest BCUT2D eigenvalue weighted by molar-refractivity contribution is 6.05. The van der Waals surface area contributed by atoms with E-state index in [0.717, 1.165) is 24.7 Å². The zero-order chi connectivity index (χ0) is 19.1. The molecule has 1 aromatic carbocycles. The highest BCUT2D eigenvalue weighted by Crippen LogP contribution is 2.25. The number of ether oxygens (including phenoxy) is 2. The van der Waals surface area contributed by atoms with E-state index >= 15 is 0 Å². The minimum Gasteiger partial charge on any atom is -0.475 e. The lowest BCUT2D eigenvalue weighted by Crippen LogP contribution is -2.32. The van der Waals surface area contributed by atoms with Crippen molar-refractivity contribution in [3.05, 3.63) is 48.2 Å². The summed E-state index contributed by atoms with van der Waals surface area (Å²) in [5.74, 6) is 0.876. The number of methoxy groups -OCH3 is 1. The van der Waals surface area contributed by atoms with E-state index in [4.69, 9.17) is 9.47 Å². The Morgan fingerprint density at radius 1 is 1.19 bits per heavy atom. The topological polar surface area (TPSA) is 63.7 Å². The molecule has 1 aromatic heterocycles. The van der Waals surface area contributed by atoms with E-state index in [1.165, 1.54) is 18.5 Å². The van der Waals surface area contributed by atoms with E-state index in [1.54, 1.807) is 25.4 Å². The summed E-state index contributed by atoms with van der Waals surface area (Å²) in [7, 11) is 1.60. The molecule has 1 amide bonds. The number of hydrogen-bond acceptors (Lipinski definition) is 5. The van der Waals surface area contributed by atoms with E-state index < -0.39 is 0 Å². The van der Waals surface area contributed by atoms with E-state index in [-0.39, 0.29) is 5.91 Å². The van der Waals surface area contributed by atoms with Crippen LogP contribution in [-0.2, 0) is 4.74 Å². The lowest BCUT2D eigenvalue weighted by molar-refractivity contribution is 0.101. The molecule has 1 saturated heterocycles. The van der Waals surface area contributed by atoms with Crippen molar-refractivity contribution < 1.29 is 14.3 Å². The van der Waals surface area contributed by atoms with Crippen LogP contribution >= 0.6 is 0 Å². The minimum atomic E-state index is -0.241. The van der Waals surface area contributed by atoms with E-state index in [0.29, 0.717) is 24.7 Å². The van der Waals surface area contributed by atoms with Gasteiger partial charge in [0.2, 0.25) is 5.88 Å². The number of rotatable bonds is 7. The lowest BCUT2D eigenvalue weighted by Gasteiger charge is -2.32. The number of amides is 1. The van der Waals surface area contributed by atoms with Gasteiger partial charge in [0, 0.05) is 37.8 Å². The molecular weight excluding hydrogens is 342 g/mol. The van der Waals surface area contributed by atoms with Crippen LogP contribution in [0.25, 0.3) is 0 Å². The number of nitrogens with zero attached hydrogens (tertiary/aromatic N) is 2. The maximum atomic E-state index is 12.6. The predicted molar refractivity (Wildman–Crippen MR) is 107 cm³/mol. The van der Waals surface area contributed by atoms with E-state index in [9.17, 15) is 4.79 Å². The molecule has 2 heterocycles. The Bertz CT molecular complexity index is 741. The van der Waals surface area contributed by atoms with Gasteiger partial charge in [-0.1, -0.05) is 6.92 Å². The molecule has 1 aliphatic rings. The van der Waals surface area contributed by atoms with Gasteiger partial charge in [0.15, 0.2) is 0 Å². The normalized spacial score (nSPS) is 14.8. The largest absolute Gasteiger partial charge is 0.475 e. The number of anilines is 2. The zero-order valence-electron chi connectivity index (χ0n) is 16.0. The summed E-state index contributed by atoms with van der Waals surface area (Å²) < 4.78 is 10.5. The van der Waals surface area contributed by atoms with Crippen LogP contribution in [0, 0.1) is 5.92 Å². The fourth-order valence-corrected chi connectivity index (χ4v) is 3.12. The van der Waals surface area contributed by atoms with Gasteiger partial charge in [0.05, 0.1) is 6.61 Å². The molecule has 1 fully saturated rings. The second-order valence-corrected chi connectivity index (χ2v) is 6.87. The molecule has 0 radical (unpaired) electrons. The van der Waals surface area contributed by atoms with Crippen molar-refractivity contribution >= 4 is 17.3 Å². The Morgan fingerprint density at radius 2 is 1.93 bits per heavy atom. The molecule has 3 rings (SSSR count). The van der Waals surface area contributed by atoms with E-state index in [2.05, 4.69) is 34.3 Å². The van der Waals surface area contributed by atoms with E-state index in [1.807, 2.05) is 12.1 Å². The summed E-state index contributed by atoms with van der Waals surface area (Å²) in [6, 6.07) is 11.4. The maximum Gasteiger partial charge on any atom is 0.261 e. The molecule has 6 heteroatoms. The summed E-state index contributed by atoms with van der Waals surface area (Å²) in [4.78, 5) is 19.2. The predicted octanol–water partition coefficient (Wildman–Crippen LogP) is 3.60. The molecule has 0 saturated carbocycles. The van der Waals surface area contributed by atoms with Gasteiger partial charge in [-0.2, -0.15) is 0 Å². The third-order valence-electron chi connectivity index (χ3n) is 4.82. The van der Waals surface area contributed by atoms with Gasteiger partial charge in [-0.3, -0.25) is 4.79 Å². The molecule has 0 aliphatic carbocycles. The second kappa shape index (κ2) is 9.37. The van der Waals surface area contributed by atoms with Gasteiger partial charge in [-0.15, -0.1) is 0 Å². The van der Waals surface area contributed by atoms with Crippen molar-refractivity contribution in [2.75, 3.05) is 43.6 Å².